The van der Waals surface area contributed by atoms with Gasteiger partial charge in [-0.15, -0.1) is 0 Å². The SMILES string of the molecule is CC(c1nc2ccccc2c(=O)[nH]1)N1CCC(c2nc3c(F)cccc3[nH]2)CC1. The first kappa shape index (κ1) is 18.0. The second-order valence-corrected chi connectivity index (χ2v) is 7.71. The minimum Gasteiger partial charge on any atom is -0.342 e. The first-order valence-electron chi connectivity index (χ1n) is 9.97. The Morgan fingerprint density at radius 2 is 1.86 bits per heavy atom. The van der Waals surface area contributed by atoms with E-state index in [1.54, 1.807) is 12.1 Å². The number of nitrogens with zero attached hydrogens (tertiary/aromatic N) is 3. The summed E-state index contributed by atoms with van der Waals surface area (Å²) in [5, 5.41) is 0.610. The Kier molecular flexibility index (Phi) is 4.39. The number of aromatic nitrogens is 4. The van der Waals surface area contributed by atoms with Crippen LogP contribution in [0.5, 0.6) is 0 Å². The Morgan fingerprint density at radius 3 is 2.66 bits per heavy atom. The van der Waals surface area contributed by atoms with Gasteiger partial charge in [0.1, 0.15) is 17.2 Å². The lowest BCUT2D eigenvalue weighted by Crippen LogP contribution is -2.36. The first-order chi connectivity index (χ1) is 14.1. The molecule has 6 nitrogen and oxygen atoms in total. The van der Waals surface area contributed by atoms with Crippen LogP contribution in [0, 0.1) is 5.82 Å². The number of imidazole rings is 1. The zero-order chi connectivity index (χ0) is 20.0. The van der Waals surface area contributed by atoms with Gasteiger partial charge >= 0.3 is 0 Å². The maximum Gasteiger partial charge on any atom is 0.258 e. The quantitative estimate of drug-likeness (QED) is 0.556. The number of piperidine rings is 1. The summed E-state index contributed by atoms with van der Waals surface area (Å²) in [7, 11) is 0. The molecule has 5 rings (SSSR count). The Hall–Kier alpha value is -3.06. The van der Waals surface area contributed by atoms with Crippen molar-refractivity contribution < 1.29 is 4.39 Å². The lowest BCUT2D eigenvalue weighted by Gasteiger charge is -2.34. The number of likely N-dealkylation sites (tertiary alicyclic amines) is 1. The Labute approximate surface area is 166 Å². The van der Waals surface area contributed by atoms with E-state index < -0.39 is 0 Å². The second kappa shape index (κ2) is 7.08. The monoisotopic (exact) mass is 391 g/mol. The molecule has 1 unspecified atom stereocenters. The van der Waals surface area contributed by atoms with Crippen LogP contribution in [-0.2, 0) is 0 Å². The van der Waals surface area contributed by atoms with Gasteiger partial charge in [-0.05, 0) is 57.1 Å². The van der Waals surface area contributed by atoms with Gasteiger partial charge in [0.15, 0.2) is 5.82 Å². The Morgan fingerprint density at radius 1 is 1.07 bits per heavy atom. The zero-order valence-electron chi connectivity index (χ0n) is 16.2. The predicted octanol–water partition coefficient (Wildman–Crippen LogP) is 3.88. The molecule has 1 fully saturated rings. The van der Waals surface area contributed by atoms with Gasteiger partial charge in [0.05, 0.1) is 22.5 Å². The Bertz CT molecular complexity index is 1240. The van der Waals surface area contributed by atoms with E-state index in [0.717, 1.165) is 42.8 Å². The highest BCUT2D eigenvalue weighted by Gasteiger charge is 2.27. The van der Waals surface area contributed by atoms with Crippen LogP contribution in [0.4, 0.5) is 4.39 Å². The molecule has 0 bridgehead atoms. The standard InChI is InChI=1S/C22H22FN5O/c1-13(20-24-17-7-3-2-5-15(17)22(29)27-20)28-11-9-14(10-12-28)21-25-18-8-4-6-16(23)19(18)26-21/h2-8,13-14H,9-12H2,1H3,(H,25,26)(H,24,27,29). The average Bonchev–Trinajstić information content (AvgIpc) is 3.19. The molecule has 148 valence electrons. The molecule has 1 atom stereocenters. The molecule has 4 aromatic rings. The van der Waals surface area contributed by atoms with Crippen LogP contribution in [0.15, 0.2) is 47.3 Å². The predicted molar refractivity (Wildman–Crippen MR) is 110 cm³/mol. The molecule has 2 aromatic heterocycles. The summed E-state index contributed by atoms with van der Waals surface area (Å²) in [5.41, 5.74) is 1.78. The number of hydrogen-bond donors (Lipinski definition) is 2. The van der Waals surface area contributed by atoms with Crippen molar-refractivity contribution >= 4 is 21.9 Å². The van der Waals surface area contributed by atoms with Gasteiger partial charge in [-0.25, -0.2) is 14.4 Å². The van der Waals surface area contributed by atoms with Gasteiger partial charge in [0.2, 0.25) is 0 Å². The van der Waals surface area contributed by atoms with Gasteiger partial charge in [0.25, 0.3) is 5.56 Å². The summed E-state index contributed by atoms with van der Waals surface area (Å²) >= 11 is 0. The number of aromatic amines is 2. The normalized spacial score (nSPS) is 17.2. The fourth-order valence-corrected chi connectivity index (χ4v) is 4.25. The number of hydrogen-bond acceptors (Lipinski definition) is 4. The number of benzene rings is 2. The summed E-state index contributed by atoms with van der Waals surface area (Å²) in [4.78, 5) is 30.1. The van der Waals surface area contributed by atoms with Crippen molar-refractivity contribution in [1.82, 2.24) is 24.8 Å². The molecule has 0 spiro atoms. The highest BCUT2D eigenvalue weighted by Crippen LogP contribution is 2.31. The van der Waals surface area contributed by atoms with E-state index in [1.165, 1.54) is 6.07 Å². The smallest absolute Gasteiger partial charge is 0.258 e. The Balaban J connectivity index is 1.33. The van der Waals surface area contributed by atoms with E-state index in [0.29, 0.717) is 16.7 Å². The lowest BCUT2D eigenvalue weighted by atomic mass is 9.95. The van der Waals surface area contributed by atoms with Gasteiger partial charge in [-0.1, -0.05) is 18.2 Å². The van der Waals surface area contributed by atoms with Crippen molar-refractivity contribution in [1.29, 1.82) is 0 Å². The molecule has 7 heteroatoms. The maximum atomic E-state index is 13.9. The third-order valence-corrected chi connectivity index (χ3v) is 5.97. The van der Waals surface area contributed by atoms with Gasteiger partial charge in [-0.3, -0.25) is 9.69 Å². The molecular formula is C22H22FN5O. The number of rotatable bonds is 3. The fourth-order valence-electron chi connectivity index (χ4n) is 4.25. The van der Waals surface area contributed by atoms with E-state index >= 15 is 0 Å². The van der Waals surface area contributed by atoms with Crippen LogP contribution in [0.1, 0.15) is 43.4 Å². The van der Waals surface area contributed by atoms with Crippen LogP contribution in [0.2, 0.25) is 0 Å². The van der Waals surface area contributed by atoms with Crippen molar-refractivity contribution in [2.24, 2.45) is 0 Å². The summed E-state index contributed by atoms with van der Waals surface area (Å²) < 4.78 is 13.9. The molecule has 0 radical (unpaired) electrons. The third-order valence-electron chi connectivity index (χ3n) is 5.97. The molecule has 0 saturated carbocycles. The number of nitrogens with one attached hydrogen (secondary N) is 2. The molecule has 1 aliphatic heterocycles. The van der Waals surface area contributed by atoms with Crippen molar-refractivity contribution in [2.45, 2.75) is 31.7 Å². The molecule has 29 heavy (non-hydrogen) atoms. The van der Waals surface area contributed by atoms with Crippen LogP contribution >= 0.6 is 0 Å². The molecular weight excluding hydrogens is 369 g/mol. The van der Waals surface area contributed by atoms with E-state index in [4.69, 9.17) is 0 Å². The van der Waals surface area contributed by atoms with E-state index in [9.17, 15) is 9.18 Å². The fraction of sp³-hybridized carbons (Fsp3) is 0.318. The minimum absolute atomic E-state index is 0.0152. The number of para-hydroxylation sites is 2. The summed E-state index contributed by atoms with van der Waals surface area (Å²) in [6.07, 6.45) is 1.84. The van der Waals surface area contributed by atoms with Gasteiger partial charge in [0, 0.05) is 5.92 Å². The average molecular weight is 391 g/mol. The summed E-state index contributed by atoms with van der Waals surface area (Å²) in [6.45, 7) is 3.80. The zero-order valence-corrected chi connectivity index (χ0v) is 16.2. The second-order valence-electron chi connectivity index (χ2n) is 7.71. The maximum absolute atomic E-state index is 13.9. The minimum atomic E-state index is -0.289. The van der Waals surface area contributed by atoms with E-state index in [-0.39, 0.29) is 23.3 Å². The van der Waals surface area contributed by atoms with Gasteiger partial charge in [-0.2, -0.15) is 0 Å². The number of halogens is 1. The number of H-pyrrole nitrogens is 2. The van der Waals surface area contributed by atoms with E-state index in [2.05, 4.69) is 31.8 Å². The van der Waals surface area contributed by atoms with E-state index in [1.807, 2.05) is 24.3 Å². The lowest BCUT2D eigenvalue weighted by molar-refractivity contribution is 0.155. The van der Waals surface area contributed by atoms with Crippen LogP contribution in [-0.4, -0.2) is 37.9 Å². The van der Waals surface area contributed by atoms with Gasteiger partial charge < -0.3 is 9.97 Å². The van der Waals surface area contributed by atoms with Crippen LogP contribution in [0.25, 0.3) is 21.9 Å². The van der Waals surface area contributed by atoms with Crippen molar-refractivity contribution in [3.8, 4) is 0 Å². The molecule has 0 amide bonds. The molecule has 2 aromatic carbocycles. The topological polar surface area (TPSA) is 77.7 Å². The van der Waals surface area contributed by atoms with Crippen molar-refractivity contribution in [2.75, 3.05) is 13.1 Å². The van der Waals surface area contributed by atoms with Crippen molar-refractivity contribution in [3.05, 3.63) is 70.3 Å². The summed E-state index contributed by atoms with van der Waals surface area (Å²) in [6, 6.07) is 12.4. The molecule has 3 heterocycles. The summed E-state index contributed by atoms with van der Waals surface area (Å²) in [5.74, 6) is 1.53. The highest BCUT2D eigenvalue weighted by atomic mass is 19.1. The third kappa shape index (κ3) is 3.21. The van der Waals surface area contributed by atoms with Crippen LogP contribution < -0.4 is 5.56 Å². The van der Waals surface area contributed by atoms with Crippen LogP contribution in [0.3, 0.4) is 0 Å². The van der Waals surface area contributed by atoms with Crippen molar-refractivity contribution in [3.63, 3.8) is 0 Å². The molecule has 1 aliphatic rings. The highest BCUT2D eigenvalue weighted by molar-refractivity contribution is 5.77. The molecule has 1 saturated heterocycles. The largest absolute Gasteiger partial charge is 0.342 e. The molecule has 2 N–H and O–H groups in total. The molecule has 0 aliphatic carbocycles. The first-order valence-corrected chi connectivity index (χ1v) is 9.97. The number of fused-ring (bicyclic) bond motifs is 2.